The summed E-state index contributed by atoms with van der Waals surface area (Å²) in [6, 6.07) is 9.85. The number of nitrogen functional groups attached to an aromatic ring is 1. The highest BCUT2D eigenvalue weighted by Gasteiger charge is 2.44. The molecule has 9 heteroatoms. The number of anilines is 2. The highest BCUT2D eigenvalue weighted by Crippen LogP contribution is 2.47. The highest BCUT2D eigenvalue weighted by molar-refractivity contribution is 5.99. The Labute approximate surface area is 220 Å². The van der Waals surface area contributed by atoms with E-state index in [-0.39, 0.29) is 17.7 Å². The zero-order valence-electron chi connectivity index (χ0n) is 21.8. The number of hydrogen-bond acceptors (Lipinski definition) is 7. The Morgan fingerprint density at radius 3 is 2.74 bits per heavy atom. The van der Waals surface area contributed by atoms with Crippen molar-refractivity contribution < 1.29 is 9.21 Å². The zero-order chi connectivity index (χ0) is 26.6. The number of oxazole rings is 1. The summed E-state index contributed by atoms with van der Waals surface area (Å²) in [6.07, 6.45) is 7.97. The normalized spacial score (nSPS) is 16.8. The average molecular weight is 508 g/mol. The molecule has 0 radical (unpaired) electrons. The number of aromatic nitrogens is 5. The molecule has 0 aliphatic heterocycles. The Bertz CT molecular complexity index is 1680. The van der Waals surface area contributed by atoms with E-state index in [2.05, 4.69) is 39.2 Å². The van der Waals surface area contributed by atoms with Crippen LogP contribution in [0.4, 0.5) is 11.6 Å². The lowest BCUT2D eigenvalue weighted by atomic mass is 10.0. The van der Waals surface area contributed by atoms with E-state index in [1.54, 1.807) is 17.1 Å². The van der Waals surface area contributed by atoms with E-state index in [1.165, 1.54) is 0 Å². The van der Waals surface area contributed by atoms with E-state index in [0.717, 1.165) is 50.8 Å². The summed E-state index contributed by atoms with van der Waals surface area (Å²) >= 11 is 0. The topological polar surface area (TPSA) is 125 Å². The first-order chi connectivity index (χ1) is 18.3. The molecule has 1 aliphatic rings. The molecule has 38 heavy (non-hydrogen) atoms. The number of carbonyl (C=O) groups excluding carboxylic acids is 1. The van der Waals surface area contributed by atoms with E-state index in [4.69, 9.17) is 10.2 Å². The Balaban J connectivity index is 1.25. The number of hydrogen-bond donors (Lipinski definition) is 2. The summed E-state index contributed by atoms with van der Waals surface area (Å²) in [4.78, 5) is 26.5. The van der Waals surface area contributed by atoms with Gasteiger partial charge in [0.25, 0.3) is 0 Å². The Morgan fingerprint density at radius 1 is 1.18 bits per heavy atom. The number of aryl methyl sites for hydroxylation is 2. The Hall–Kier alpha value is -4.53. The van der Waals surface area contributed by atoms with Crippen molar-refractivity contribution in [3.8, 4) is 22.7 Å². The van der Waals surface area contributed by atoms with Crippen LogP contribution in [0.15, 0.2) is 59.6 Å². The number of benzene rings is 1. The van der Waals surface area contributed by atoms with Crippen molar-refractivity contribution in [2.45, 2.75) is 39.0 Å². The van der Waals surface area contributed by atoms with Gasteiger partial charge in [-0.2, -0.15) is 5.10 Å². The fraction of sp³-hybridized carbons (Fsp3) is 0.276. The van der Waals surface area contributed by atoms with Crippen LogP contribution in [0.25, 0.3) is 33.5 Å². The van der Waals surface area contributed by atoms with Crippen LogP contribution in [0, 0.1) is 12.8 Å². The number of pyridine rings is 2. The number of rotatable bonds is 6. The van der Waals surface area contributed by atoms with Crippen molar-refractivity contribution in [3.05, 3.63) is 72.0 Å². The van der Waals surface area contributed by atoms with Crippen LogP contribution in [-0.4, -0.2) is 30.6 Å². The Kier molecular flexibility index (Phi) is 5.71. The Morgan fingerprint density at radius 2 is 2.03 bits per heavy atom. The van der Waals surface area contributed by atoms with Crippen molar-refractivity contribution >= 4 is 28.3 Å². The maximum atomic E-state index is 12.9. The summed E-state index contributed by atoms with van der Waals surface area (Å²) in [5.41, 5.74) is 12.0. The van der Waals surface area contributed by atoms with Gasteiger partial charge < -0.3 is 15.5 Å². The van der Waals surface area contributed by atoms with Crippen molar-refractivity contribution in [2.75, 3.05) is 11.1 Å². The van der Waals surface area contributed by atoms with Crippen molar-refractivity contribution in [1.82, 2.24) is 24.7 Å². The smallest absolute Gasteiger partial charge is 0.229 e. The van der Waals surface area contributed by atoms with Gasteiger partial charge in [-0.1, -0.05) is 19.9 Å². The fourth-order valence-corrected chi connectivity index (χ4v) is 4.85. The van der Waals surface area contributed by atoms with Gasteiger partial charge >= 0.3 is 0 Å². The van der Waals surface area contributed by atoms with Gasteiger partial charge in [0.05, 0.1) is 17.6 Å². The van der Waals surface area contributed by atoms with Gasteiger partial charge in [0, 0.05) is 41.9 Å². The van der Waals surface area contributed by atoms with Crippen molar-refractivity contribution in [2.24, 2.45) is 13.0 Å². The molecule has 6 rings (SSSR count). The molecule has 1 saturated carbocycles. The van der Waals surface area contributed by atoms with Crippen molar-refractivity contribution in [3.63, 3.8) is 0 Å². The molecule has 3 N–H and O–H groups in total. The quantitative estimate of drug-likeness (QED) is 0.313. The maximum Gasteiger partial charge on any atom is 0.229 e. The third kappa shape index (κ3) is 4.40. The zero-order valence-corrected chi connectivity index (χ0v) is 21.8. The molecule has 5 aromatic rings. The van der Waals surface area contributed by atoms with Gasteiger partial charge in [0.15, 0.2) is 0 Å². The van der Waals surface area contributed by atoms with Gasteiger partial charge in [-0.25, -0.2) is 15.0 Å². The van der Waals surface area contributed by atoms with Crippen LogP contribution in [0.2, 0.25) is 0 Å². The first-order valence-electron chi connectivity index (χ1n) is 12.7. The lowest BCUT2D eigenvalue weighted by Gasteiger charge is -2.11. The third-order valence-electron chi connectivity index (χ3n) is 7.14. The summed E-state index contributed by atoms with van der Waals surface area (Å²) in [5.74, 6) is 1.88. The molecule has 192 valence electrons. The van der Waals surface area contributed by atoms with Crippen LogP contribution in [-0.2, 0) is 11.8 Å². The minimum atomic E-state index is -0.0730. The van der Waals surface area contributed by atoms with Gasteiger partial charge in [-0.3, -0.25) is 9.48 Å². The molecule has 1 aliphatic carbocycles. The molecule has 1 aromatic carbocycles. The van der Waals surface area contributed by atoms with Gasteiger partial charge in [0.2, 0.25) is 11.8 Å². The minimum Gasteiger partial charge on any atom is -0.444 e. The van der Waals surface area contributed by atoms with Crippen LogP contribution in [0.5, 0.6) is 0 Å². The number of carbonyl (C=O) groups is 1. The molecule has 0 unspecified atom stereocenters. The van der Waals surface area contributed by atoms with Crippen LogP contribution < -0.4 is 11.1 Å². The van der Waals surface area contributed by atoms with Gasteiger partial charge in [-0.05, 0) is 66.0 Å². The molecule has 4 heterocycles. The monoisotopic (exact) mass is 507 g/mol. The highest BCUT2D eigenvalue weighted by atomic mass is 16.3. The second-order valence-corrected chi connectivity index (χ2v) is 10.3. The first kappa shape index (κ1) is 23.8. The summed E-state index contributed by atoms with van der Waals surface area (Å²) in [6.45, 7) is 6.20. The standard InChI is InChI=1S/C29H29N7O2/c1-15(2)25-14-38-29(34-25)17-5-6-20(16(3)7-17)24-8-18-9-26(31-12-23(18)27(30)33-24)35-28(37)22-10-21(22)19-11-32-36(4)13-19/h5-9,11-15,21-22H,10H2,1-4H3,(H2,30,33)(H,31,35,37)/t21-,22+/m1/s1. The van der Waals surface area contributed by atoms with E-state index >= 15 is 0 Å². The predicted octanol–water partition coefficient (Wildman–Crippen LogP) is 5.44. The lowest BCUT2D eigenvalue weighted by Crippen LogP contribution is -2.15. The average Bonchev–Trinajstić information content (AvgIpc) is 3.30. The molecule has 9 nitrogen and oxygen atoms in total. The van der Waals surface area contributed by atoms with Crippen molar-refractivity contribution in [1.29, 1.82) is 0 Å². The number of amides is 1. The van der Waals surface area contributed by atoms with Gasteiger partial charge in [-0.15, -0.1) is 0 Å². The SMILES string of the molecule is Cc1cc(-c2nc(C(C)C)co2)ccc1-c1cc2cc(NC(=O)[C@H]3C[C@@H]3c3cnn(C)c3)ncc2c(N)n1. The summed E-state index contributed by atoms with van der Waals surface area (Å²) < 4.78 is 7.46. The second kappa shape index (κ2) is 9.09. The van der Waals surface area contributed by atoms with Crippen LogP contribution in [0.3, 0.4) is 0 Å². The number of nitrogens with two attached hydrogens (primary N) is 1. The molecular weight excluding hydrogens is 478 g/mol. The van der Waals surface area contributed by atoms with E-state index < -0.39 is 0 Å². The second-order valence-electron chi connectivity index (χ2n) is 10.3. The largest absolute Gasteiger partial charge is 0.444 e. The summed E-state index contributed by atoms with van der Waals surface area (Å²) in [7, 11) is 1.88. The minimum absolute atomic E-state index is 0.0356. The summed E-state index contributed by atoms with van der Waals surface area (Å²) in [5, 5.41) is 8.78. The maximum absolute atomic E-state index is 12.9. The number of nitrogens with zero attached hydrogens (tertiary/aromatic N) is 5. The molecule has 0 saturated heterocycles. The van der Waals surface area contributed by atoms with Gasteiger partial charge in [0.1, 0.15) is 17.9 Å². The van der Waals surface area contributed by atoms with E-state index in [0.29, 0.717) is 23.4 Å². The number of fused-ring (bicyclic) bond motifs is 1. The fourth-order valence-electron chi connectivity index (χ4n) is 4.85. The molecule has 0 spiro atoms. The molecule has 1 amide bonds. The lowest BCUT2D eigenvalue weighted by molar-refractivity contribution is -0.117. The molecular formula is C29H29N7O2. The molecule has 4 aromatic heterocycles. The first-order valence-corrected chi connectivity index (χ1v) is 12.7. The van der Waals surface area contributed by atoms with E-state index in [9.17, 15) is 4.79 Å². The molecule has 0 bridgehead atoms. The molecule has 1 fully saturated rings. The van der Waals surface area contributed by atoms with Crippen LogP contribution >= 0.6 is 0 Å². The predicted molar refractivity (Wildman–Crippen MR) is 146 cm³/mol. The third-order valence-corrected chi connectivity index (χ3v) is 7.14. The number of nitrogens with one attached hydrogen (secondary N) is 1. The van der Waals surface area contributed by atoms with Crippen LogP contribution in [0.1, 0.15) is 48.9 Å². The van der Waals surface area contributed by atoms with E-state index in [1.807, 2.05) is 56.7 Å². The molecule has 2 atom stereocenters.